The van der Waals surface area contributed by atoms with Crippen molar-refractivity contribution in [2.45, 2.75) is 19.5 Å². The summed E-state index contributed by atoms with van der Waals surface area (Å²) in [6.07, 6.45) is 0. The van der Waals surface area contributed by atoms with Gasteiger partial charge >= 0.3 is 0 Å². The van der Waals surface area contributed by atoms with Crippen molar-refractivity contribution in [3.8, 4) is 0 Å². The molecule has 0 spiro atoms. The van der Waals surface area contributed by atoms with Crippen molar-refractivity contribution in [2.24, 2.45) is 0 Å². The highest BCUT2D eigenvalue weighted by Gasteiger charge is 2.42. The topological polar surface area (TPSA) is 57.6 Å². The van der Waals surface area contributed by atoms with Gasteiger partial charge in [0.25, 0.3) is 5.91 Å². The maximum atomic E-state index is 12.5. The van der Waals surface area contributed by atoms with Crippen molar-refractivity contribution < 1.29 is 14.7 Å². The molecule has 1 N–H and O–H groups in total. The Balaban J connectivity index is 2.04. The summed E-state index contributed by atoms with van der Waals surface area (Å²) in [6.45, 7) is 1.71. The van der Waals surface area contributed by atoms with Crippen LogP contribution in [-0.2, 0) is 16.1 Å². The van der Waals surface area contributed by atoms with Crippen molar-refractivity contribution in [2.75, 3.05) is 0 Å². The van der Waals surface area contributed by atoms with Crippen LogP contribution < -0.4 is 0 Å². The zero-order valence-corrected chi connectivity index (χ0v) is 12.8. The number of carbonyl (C=O) groups is 2. The standard InChI is InChI=1S/C19H17NO3/c1-13(21)16-17(15-10-6-3-7-11-15)20(19(23)18(16)22)12-14-8-4-2-5-9-14/h2-11,17,22H,12H2,1H3/t17-/m1/s1. The summed E-state index contributed by atoms with van der Waals surface area (Å²) in [6, 6.07) is 18.3. The van der Waals surface area contributed by atoms with Crippen molar-refractivity contribution in [3.63, 3.8) is 0 Å². The first-order valence-corrected chi connectivity index (χ1v) is 7.43. The molecule has 1 heterocycles. The van der Waals surface area contributed by atoms with E-state index in [-0.39, 0.29) is 11.4 Å². The van der Waals surface area contributed by atoms with Gasteiger partial charge in [0.05, 0.1) is 11.6 Å². The second-order valence-electron chi connectivity index (χ2n) is 5.55. The summed E-state index contributed by atoms with van der Waals surface area (Å²) in [5, 5.41) is 10.2. The Bertz CT molecular complexity index is 766. The highest BCUT2D eigenvalue weighted by Crippen LogP contribution is 2.38. The summed E-state index contributed by atoms with van der Waals surface area (Å²) in [7, 11) is 0. The number of amides is 1. The molecule has 2 aromatic carbocycles. The van der Waals surface area contributed by atoms with Crippen LogP contribution in [0.2, 0.25) is 0 Å². The van der Waals surface area contributed by atoms with Gasteiger partial charge in [-0.1, -0.05) is 60.7 Å². The molecule has 4 nitrogen and oxygen atoms in total. The fourth-order valence-electron chi connectivity index (χ4n) is 2.94. The Hall–Kier alpha value is -2.88. The molecule has 1 aliphatic rings. The third kappa shape index (κ3) is 2.75. The molecule has 0 fully saturated rings. The van der Waals surface area contributed by atoms with Gasteiger partial charge in [-0.25, -0.2) is 0 Å². The first-order valence-electron chi connectivity index (χ1n) is 7.43. The zero-order valence-electron chi connectivity index (χ0n) is 12.8. The van der Waals surface area contributed by atoms with E-state index in [1.165, 1.54) is 11.8 Å². The van der Waals surface area contributed by atoms with E-state index in [1.54, 1.807) is 0 Å². The Morgan fingerprint density at radius 3 is 2.17 bits per heavy atom. The number of carbonyl (C=O) groups excluding carboxylic acids is 2. The predicted octanol–water partition coefficient (Wildman–Crippen LogP) is 3.17. The lowest BCUT2D eigenvalue weighted by Crippen LogP contribution is -2.30. The van der Waals surface area contributed by atoms with Gasteiger partial charge in [0.15, 0.2) is 11.5 Å². The zero-order chi connectivity index (χ0) is 16.4. The van der Waals surface area contributed by atoms with Gasteiger partial charge < -0.3 is 10.0 Å². The summed E-state index contributed by atoms with van der Waals surface area (Å²) in [5.74, 6) is -1.24. The molecule has 1 aliphatic heterocycles. The second kappa shape index (κ2) is 6.08. The largest absolute Gasteiger partial charge is 0.503 e. The van der Waals surface area contributed by atoms with Crippen LogP contribution in [0.25, 0.3) is 0 Å². The van der Waals surface area contributed by atoms with Crippen molar-refractivity contribution in [3.05, 3.63) is 83.1 Å². The van der Waals surface area contributed by atoms with Crippen molar-refractivity contribution in [1.82, 2.24) is 4.90 Å². The van der Waals surface area contributed by atoms with Crippen molar-refractivity contribution >= 4 is 11.7 Å². The van der Waals surface area contributed by atoms with Crippen LogP contribution in [0.1, 0.15) is 24.1 Å². The minimum atomic E-state index is -0.554. The third-order valence-corrected chi connectivity index (χ3v) is 3.99. The maximum Gasteiger partial charge on any atom is 0.290 e. The molecular formula is C19H17NO3. The molecule has 0 bridgehead atoms. The molecule has 1 amide bonds. The number of nitrogens with zero attached hydrogens (tertiary/aromatic N) is 1. The highest BCUT2D eigenvalue weighted by atomic mass is 16.3. The number of rotatable bonds is 4. The number of hydrogen-bond acceptors (Lipinski definition) is 3. The lowest BCUT2D eigenvalue weighted by molar-refractivity contribution is -0.130. The quantitative estimate of drug-likeness (QED) is 0.944. The summed E-state index contributed by atoms with van der Waals surface area (Å²) in [5.41, 5.74) is 1.92. The Morgan fingerprint density at radius 2 is 1.61 bits per heavy atom. The van der Waals surface area contributed by atoms with Crippen LogP contribution in [-0.4, -0.2) is 21.7 Å². The van der Waals surface area contributed by atoms with E-state index in [2.05, 4.69) is 0 Å². The van der Waals surface area contributed by atoms with Gasteiger partial charge in [0, 0.05) is 6.54 Å². The summed E-state index contributed by atoms with van der Waals surface area (Å²) in [4.78, 5) is 26.0. The molecule has 0 unspecified atom stereocenters. The highest BCUT2D eigenvalue weighted by molar-refractivity contribution is 6.08. The number of aliphatic hydroxyl groups excluding tert-OH is 1. The molecule has 0 saturated carbocycles. The number of hydrogen-bond donors (Lipinski definition) is 1. The molecule has 23 heavy (non-hydrogen) atoms. The average molecular weight is 307 g/mol. The van der Waals surface area contributed by atoms with E-state index in [1.807, 2.05) is 60.7 Å². The molecular weight excluding hydrogens is 290 g/mol. The van der Waals surface area contributed by atoms with Crippen LogP contribution in [0, 0.1) is 0 Å². The summed E-state index contributed by atoms with van der Waals surface area (Å²) < 4.78 is 0. The second-order valence-corrected chi connectivity index (χ2v) is 5.55. The van der Waals surface area contributed by atoms with Gasteiger partial charge in [0.2, 0.25) is 0 Å². The van der Waals surface area contributed by atoms with E-state index >= 15 is 0 Å². The molecule has 116 valence electrons. The fraction of sp³-hybridized carbons (Fsp3) is 0.158. The van der Waals surface area contributed by atoms with Crippen LogP contribution in [0.15, 0.2) is 72.0 Å². The first kappa shape index (κ1) is 15.0. The van der Waals surface area contributed by atoms with Gasteiger partial charge in [-0.3, -0.25) is 9.59 Å². The molecule has 0 aromatic heterocycles. The summed E-state index contributed by atoms with van der Waals surface area (Å²) >= 11 is 0. The Labute approximate surface area is 134 Å². The lowest BCUT2D eigenvalue weighted by atomic mass is 9.96. The van der Waals surface area contributed by atoms with Crippen LogP contribution in [0.3, 0.4) is 0 Å². The predicted molar refractivity (Wildman–Crippen MR) is 86.5 cm³/mol. The van der Waals surface area contributed by atoms with E-state index in [4.69, 9.17) is 0 Å². The monoisotopic (exact) mass is 307 g/mol. The van der Waals surface area contributed by atoms with Crippen LogP contribution in [0.5, 0.6) is 0 Å². The third-order valence-electron chi connectivity index (χ3n) is 3.99. The first-order chi connectivity index (χ1) is 11.1. The lowest BCUT2D eigenvalue weighted by Gasteiger charge is -2.26. The molecule has 0 aliphatic carbocycles. The van der Waals surface area contributed by atoms with E-state index < -0.39 is 17.7 Å². The molecule has 0 saturated heterocycles. The van der Waals surface area contributed by atoms with E-state index in [9.17, 15) is 14.7 Å². The van der Waals surface area contributed by atoms with Crippen LogP contribution in [0.4, 0.5) is 0 Å². The normalized spacial score (nSPS) is 17.7. The van der Waals surface area contributed by atoms with Gasteiger partial charge in [0.1, 0.15) is 0 Å². The van der Waals surface area contributed by atoms with Crippen LogP contribution >= 0.6 is 0 Å². The molecule has 0 radical (unpaired) electrons. The minimum absolute atomic E-state index is 0.164. The smallest absolute Gasteiger partial charge is 0.290 e. The molecule has 1 atom stereocenters. The minimum Gasteiger partial charge on any atom is -0.503 e. The number of aliphatic hydroxyl groups is 1. The average Bonchev–Trinajstić information content (AvgIpc) is 2.82. The SMILES string of the molecule is CC(=O)C1=C(O)C(=O)N(Cc2ccccc2)[C@@H]1c1ccccc1. The van der Waals surface area contributed by atoms with Gasteiger partial charge in [-0.05, 0) is 18.1 Å². The Morgan fingerprint density at radius 1 is 1.04 bits per heavy atom. The number of ketones is 1. The van der Waals surface area contributed by atoms with Gasteiger partial charge in [-0.2, -0.15) is 0 Å². The molecule has 4 heteroatoms. The van der Waals surface area contributed by atoms with E-state index in [0.717, 1.165) is 11.1 Å². The van der Waals surface area contributed by atoms with E-state index in [0.29, 0.717) is 6.54 Å². The fourth-order valence-corrected chi connectivity index (χ4v) is 2.94. The number of benzene rings is 2. The number of Topliss-reactive ketones (excluding diaryl/α,β-unsaturated/α-hetero) is 1. The molecule has 3 rings (SSSR count). The van der Waals surface area contributed by atoms with Gasteiger partial charge in [-0.15, -0.1) is 0 Å². The van der Waals surface area contributed by atoms with Crippen molar-refractivity contribution in [1.29, 1.82) is 0 Å². The Kier molecular flexibility index (Phi) is 3.98. The molecule has 2 aromatic rings. The maximum absolute atomic E-state index is 12.5.